The number of methoxy groups -OCH3 is 2. The normalized spacial score (nSPS) is 12.7. The number of ether oxygens (including phenoxy) is 2. The SMILES string of the molecule is COc1ccc(C(C)NC(=O)C(C)(C)CN)cc1OC. The molecule has 5 heteroatoms. The number of carbonyl (C=O) groups is 1. The van der Waals surface area contributed by atoms with E-state index in [0.717, 1.165) is 5.56 Å². The first kappa shape index (κ1) is 16.3. The van der Waals surface area contributed by atoms with Crippen LogP contribution in [0, 0.1) is 5.41 Å². The zero-order valence-corrected chi connectivity index (χ0v) is 12.8. The highest BCUT2D eigenvalue weighted by molar-refractivity contribution is 5.82. The summed E-state index contributed by atoms with van der Waals surface area (Å²) in [6, 6.07) is 5.46. The maximum Gasteiger partial charge on any atom is 0.227 e. The molecule has 1 rings (SSSR count). The maximum absolute atomic E-state index is 12.1. The van der Waals surface area contributed by atoms with Gasteiger partial charge in [0, 0.05) is 6.54 Å². The fourth-order valence-corrected chi connectivity index (χ4v) is 1.69. The molecule has 20 heavy (non-hydrogen) atoms. The molecule has 0 radical (unpaired) electrons. The largest absolute Gasteiger partial charge is 0.493 e. The van der Waals surface area contributed by atoms with E-state index in [4.69, 9.17) is 15.2 Å². The topological polar surface area (TPSA) is 73.6 Å². The minimum atomic E-state index is -0.579. The summed E-state index contributed by atoms with van der Waals surface area (Å²) in [4.78, 5) is 12.1. The van der Waals surface area contributed by atoms with E-state index in [9.17, 15) is 4.79 Å². The molecule has 1 aromatic carbocycles. The minimum absolute atomic E-state index is 0.0673. The molecule has 1 atom stereocenters. The Morgan fingerprint density at radius 3 is 2.40 bits per heavy atom. The van der Waals surface area contributed by atoms with Crippen molar-refractivity contribution in [1.82, 2.24) is 5.32 Å². The molecule has 0 saturated heterocycles. The lowest BCUT2D eigenvalue weighted by atomic mass is 9.92. The summed E-state index contributed by atoms with van der Waals surface area (Å²) in [6.07, 6.45) is 0. The Bertz CT molecular complexity index is 472. The average Bonchev–Trinajstić information content (AvgIpc) is 2.46. The van der Waals surface area contributed by atoms with Crippen LogP contribution in [0.1, 0.15) is 32.4 Å². The van der Waals surface area contributed by atoms with Gasteiger partial charge in [0.25, 0.3) is 0 Å². The number of hydrogen-bond donors (Lipinski definition) is 2. The lowest BCUT2D eigenvalue weighted by Gasteiger charge is -2.25. The third-order valence-electron chi connectivity index (χ3n) is 3.38. The summed E-state index contributed by atoms with van der Waals surface area (Å²) >= 11 is 0. The highest BCUT2D eigenvalue weighted by atomic mass is 16.5. The van der Waals surface area contributed by atoms with Gasteiger partial charge in [-0.15, -0.1) is 0 Å². The number of benzene rings is 1. The molecular weight excluding hydrogens is 256 g/mol. The fraction of sp³-hybridized carbons (Fsp3) is 0.533. The van der Waals surface area contributed by atoms with Crippen molar-refractivity contribution in [2.24, 2.45) is 11.1 Å². The van der Waals surface area contributed by atoms with E-state index < -0.39 is 5.41 Å². The third-order valence-corrected chi connectivity index (χ3v) is 3.38. The van der Waals surface area contributed by atoms with Gasteiger partial charge in [-0.3, -0.25) is 4.79 Å². The van der Waals surface area contributed by atoms with Crippen LogP contribution in [-0.4, -0.2) is 26.7 Å². The van der Waals surface area contributed by atoms with Crippen LogP contribution < -0.4 is 20.5 Å². The van der Waals surface area contributed by atoms with Crippen molar-refractivity contribution in [1.29, 1.82) is 0 Å². The molecule has 1 aromatic rings. The molecule has 112 valence electrons. The van der Waals surface area contributed by atoms with E-state index in [0.29, 0.717) is 18.0 Å². The summed E-state index contributed by atoms with van der Waals surface area (Å²) in [5.74, 6) is 1.24. The van der Waals surface area contributed by atoms with Crippen molar-refractivity contribution >= 4 is 5.91 Å². The minimum Gasteiger partial charge on any atom is -0.493 e. The third kappa shape index (κ3) is 3.63. The van der Waals surface area contributed by atoms with Crippen LogP contribution in [0.2, 0.25) is 0 Å². The first-order valence-corrected chi connectivity index (χ1v) is 6.58. The molecule has 0 fully saturated rings. The Morgan fingerprint density at radius 1 is 1.30 bits per heavy atom. The Hall–Kier alpha value is -1.75. The number of amides is 1. The summed E-state index contributed by atoms with van der Waals surface area (Å²) in [6.45, 7) is 5.87. The summed E-state index contributed by atoms with van der Waals surface area (Å²) in [5.41, 5.74) is 5.98. The van der Waals surface area contributed by atoms with Crippen LogP contribution in [0.4, 0.5) is 0 Å². The Balaban J connectivity index is 2.88. The molecule has 0 bridgehead atoms. The van der Waals surface area contributed by atoms with Gasteiger partial charge in [-0.1, -0.05) is 6.07 Å². The first-order chi connectivity index (χ1) is 9.35. The molecular formula is C15H24N2O3. The predicted molar refractivity (Wildman–Crippen MR) is 78.9 cm³/mol. The number of nitrogens with one attached hydrogen (secondary N) is 1. The van der Waals surface area contributed by atoms with Crippen LogP contribution in [0.15, 0.2) is 18.2 Å². The van der Waals surface area contributed by atoms with Crippen molar-refractivity contribution in [3.05, 3.63) is 23.8 Å². The van der Waals surface area contributed by atoms with Crippen LogP contribution >= 0.6 is 0 Å². The maximum atomic E-state index is 12.1. The van der Waals surface area contributed by atoms with Crippen LogP contribution in [-0.2, 0) is 4.79 Å². The zero-order chi connectivity index (χ0) is 15.3. The molecule has 5 nitrogen and oxygen atoms in total. The summed E-state index contributed by atoms with van der Waals surface area (Å²) in [7, 11) is 3.18. The molecule has 1 amide bonds. The second-order valence-electron chi connectivity index (χ2n) is 5.40. The van der Waals surface area contributed by atoms with Gasteiger partial charge in [-0.05, 0) is 38.5 Å². The number of carbonyl (C=O) groups excluding carboxylic acids is 1. The average molecular weight is 280 g/mol. The molecule has 0 heterocycles. The van der Waals surface area contributed by atoms with Crippen molar-refractivity contribution < 1.29 is 14.3 Å². The van der Waals surface area contributed by atoms with Crippen molar-refractivity contribution in [2.75, 3.05) is 20.8 Å². The Kier molecular flexibility index (Phi) is 5.39. The van der Waals surface area contributed by atoms with E-state index in [-0.39, 0.29) is 11.9 Å². The highest BCUT2D eigenvalue weighted by Crippen LogP contribution is 2.30. The lowest BCUT2D eigenvalue weighted by molar-refractivity contribution is -0.129. The van der Waals surface area contributed by atoms with Gasteiger partial charge >= 0.3 is 0 Å². The second-order valence-corrected chi connectivity index (χ2v) is 5.40. The van der Waals surface area contributed by atoms with Gasteiger partial charge in [0.15, 0.2) is 11.5 Å². The fourth-order valence-electron chi connectivity index (χ4n) is 1.69. The molecule has 0 aliphatic carbocycles. The van der Waals surface area contributed by atoms with E-state index in [1.165, 1.54) is 0 Å². The molecule has 1 unspecified atom stereocenters. The quantitative estimate of drug-likeness (QED) is 0.834. The van der Waals surface area contributed by atoms with Crippen LogP contribution in [0.3, 0.4) is 0 Å². The summed E-state index contributed by atoms with van der Waals surface area (Å²) < 4.78 is 10.5. The van der Waals surface area contributed by atoms with E-state index >= 15 is 0 Å². The van der Waals surface area contributed by atoms with Gasteiger partial charge in [0.05, 0.1) is 25.7 Å². The van der Waals surface area contributed by atoms with Gasteiger partial charge < -0.3 is 20.5 Å². The van der Waals surface area contributed by atoms with E-state index in [1.54, 1.807) is 14.2 Å². The Labute approximate surface area is 120 Å². The number of rotatable bonds is 6. The van der Waals surface area contributed by atoms with Gasteiger partial charge in [0.2, 0.25) is 5.91 Å². The number of hydrogen-bond acceptors (Lipinski definition) is 4. The van der Waals surface area contributed by atoms with E-state index in [1.807, 2.05) is 39.0 Å². The first-order valence-electron chi connectivity index (χ1n) is 6.58. The molecule has 3 N–H and O–H groups in total. The molecule has 0 saturated carbocycles. The second kappa shape index (κ2) is 6.61. The predicted octanol–water partition coefficient (Wildman–Crippen LogP) is 1.87. The number of nitrogens with two attached hydrogens (primary N) is 1. The molecule has 0 aliphatic rings. The van der Waals surface area contributed by atoms with Crippen molar-refractivity contribution in [2.45, 2.75) is 26.8 Å². The van der Waals surface area contributed by atoms with Crippen molar-refractivity contribution in [3.8, 4) is 11.5 Å². The van der Waals surface area contributed by atoms with Crippen LogP contribution in [0.5, 0.6) is 11.5 Å². The van der Waals surface area contributed by atoms with Crippen LogP contribution in [0.25, 0.3) is 0 Å². The van der Waals surface area contributed by atoms with E-state index in [2.05, 4.69) is 5.32 Å². The molecule has 0 aromatic heterocycles. The van der Waals surface area contributed by atoms with Crippen molar-refractivity contribution in [3.63, 3.8) is 0 Å². The lowest BCUT2D eigenvalue weighted by Crippen LogP contribution is -2.42. The highest BCUT2D eigenvalue weighted by Gasteiger charge is 2.27. The Morgan fingerprint density at radius 2 is 1.90 bits per heavy atom. The standard InChI is InChI=1S/C15H24N2O3/c1-10(17-14(18)15(2,3)9-16)11-6-7-12(19-4)13(8-11)20-5/h6-8,10H,9,16H2,1-5H3,(H,17,18). The molecule has 0 aliphatic heterocycles. The summed E-state index contributed by atoms with van der Waals surface area (Å²) in [5, 5.41) is 2.96. The van der Waals surface area contributed by atoms with Gasteiger partial charge in [0.1, 0.15) is 0 Å². The monoisotopic (exact) mass is 280 g/mol. The zero-order valence-electron chi connectivity index (χ0n) is 12.8. The van der Waals surface area contributed by atoms with Gasteiger partial charge in [-0.2, -0.15) is 0 Å². The van der Waals surface area contributed by atoms with Gasteiger partial charge in [-0.25, -0.2) is 0 Å². The smallest absolute Gasteiger partial charge is 0.227 e. The molecule has 0 spiro atoms.